The van der Waals surface area contributed by atoms with Crippen LogP contribution < -0.4 is 19.6 Å². The largest absolute Gasteiger partial charge is 0.496 e. The van der Waals surface area contributed by atoms with Gasteiger partial charge in [-0.3, -0.25) is 19.5 Å². The lowest BCUT2D eigenvalue weighted by atomic mass is 9.95. The molecule has 0 aliphatic carbocycles. The van der Waals surface area contributed by atoms with E-state index in [1.807, 2.05) is 0 Å². The molecule has 33 heavy (non-hydrogen) atoms. The molecular weight excluding hydrogens is 474 g/mol. The molecule has 2 aromatic heterocycles. The maximum atomic E-state index is 13.4. The van der Waals surface area contributed by atoms with Gasteiger partial charge in [-0.25, -0.2) is 9.79 Å². The van der Waals surface area contributed by atoms with E-state index in [1.165, 1.54) is 37.0 Å². The Labute approximate surface area is 194 Å². The fraction of sp³-hybridized carbons (Fsp3) is 0.190. The van der Waals surface area contributed by atoms with Crippen LogP contribution in [-0.2, 0) is 9.53 Å². The van der Waals surface area contributed by atoms with E-state index in [1.54, 1.807) is 25.1 Å². The summed E-state index contributed by atoms with van der Waals surface area (Å²) in [5.74, 6) is -0.553. The van der Waals surface area contributed by atoms with E-state index >= 15 is 0 Å². The van der Waals surface area contributed by atoms with Crippen LogP contribution in [0.5, 0.6) is 5.75 Å². The van der Waals surface area contributed by atoms with Crippen LogP contribution >= 0.6 is 22.9 Å². The number of halogens is 1. The van der Waals surface area contributed by atoms with Gasteiger partial charge in [-0.1, -0.05) is 22.9 Å². The molecule has 0 radical (unpaired) electrons. The number of carbonyl (C=O) groups is 1. The summed E-state index contributed by atoms with van der Waals surface area (Å²) in [6.07, 6.45) is 1.39. The van der Waals surface area contributed by atoms with Crippen LogP contribution in [0.25, 0.3) is 6.08 Å². The molecule has 10 nitrogen and oxygen atoms in total. The van der Waals surface area contributed by atoms with Gasteiger partial charge in [0.05, 0.1) is 36.1 Å². The quantitative estimate of drug-likeness (QED) is 0.306. The predicted molar refractivity (Wildman–Crippen MR) is 119 cm³/mol. The van der Waals surface area contributed by atoms with Crippen LogP contribution in [0.1, 0.15) is 24.3 Å². The number of benzene rings is 1. The SMILES string of the molecule is COC(=O)C1=C(C)N=c2s/c(=C\c3ccc([N+](=O)[O-])o3)c(=O)n2C1c1cc(Cl)ccc1OC. The Bertz CT molecular complexity index is 1500. The number of esters is 1. The van der Waals surface area contributed by atoms with Gasteiger partial charge in [0.1, 0.15) is 22.5 Å². The van der Waals surface area contributed by atoms with E-state index < -0.39 is 28.4 Å². The molecule has 1 aliphatic heterocycles. The number of rotatable bonds is 5. The second-order valence-electron chi connectivity index (χ2n) is 6.89. The molecular formula is C21H16ClN3O7S. The number of thiazole rings is 1. The molecule has 3 aromatic rings. The van der Waals surface area contributed by atoms with Gasteiger partial charge < -0.3 is 13.9 Å². The summed E-state index contributed by atoms with van der Waals surface area (Å²) in [4.78, 5) is 41.1. The van der Waals surface area contributed by atoms with Gasteiger partial charge in [0.25, 0.3) is 5.56 Å². The molecule has 0 fully saturated rings. The van der Waals surface area contributed by atoms with Gasteiger partial charge >= 0.3 is 11.9 Å². The van der Waals surface area contributed by atoms with Crippen LogP contribution in [0.4, 0.5) is 5.88 Å². The molecule has 3 heterocycles. The van der Waals surface area contributed by atoms with Gasteiger partial charge in [-0.15, -0.1) is 0 Å². The highest BCUT2D eigenvalue weighted by Crippen LogP contribution is 2.37. The second kappa shape index (κ2) is 8.68. The minimum absolute atomic E-state index is 0.132. The molecule has 0 amide bonds. The lowest BCUT2D eigenvalue weighted by molar-refractivity contribution is -0.402. The highest BCUT2D eigenvalue weighted by molar-refractivity contribution is 7.07. The maximum Gasteiger partial charge on any atom is 0.433 e. The molecule has 1 aromatic carbocycles. The van der Waals surface area contributed by atoms with Crippen molar-refractivity contribution in [1.29, 1.82) is 0 Å². The number of ether oxygens (including phenoxy) is 2. The summed E-state index contributed by atoms with van der Waals surface area (Å²) < 4.78 is 17.1. The van der Waals surface area contributed by atoms with Crippen molar-refractivity contribution in [3.8, 4) is 5.75 Å². The van der Waals surface area contributed by atoms with Crippen molar-refractivity contribution in [2.24, 2.45) is 4.99 Å². The number of fused-ring (bicyclic) bond motifs is 1. The van der Waals surface area contributed by atoms with E-state index in [-0.39, 0.29) is 15.9 Å². The van der Waals surface area contributed by atoms with Crippen molar-refractivity contribution in [2.45, 2.75) is 13.0 Å². The van der Waals surface area contributed by atoms with Crippen LogP contribution in [-0.4, -0.2) is 29.7 Å². The Morgan fingerprint density at radius 3 is 2.73 bits per heavy atom. The number of nitro groups is 1. The Kier molecular flexibility index (Phi) is 5.91. The highest BCUT2D eigenvalue weighted by atomic mass is 35.5. The normalized spacial score (nSPS) is 15.8. The fourth-order valence-corrected chi connectivity index (χ4v) is 4.76. The first-order chi connectivity index (χ1) is 15.7. The van der Waals surface area contributed by atoms with E-state index in [2.05, 4.69) is 4.99 Å². The Morgan fingerprint density at radius 1 is 1.33 bits per heavy atom. The van der Waals surface area contributed by atoms with Gasteiger partial charge in [0, 0.05) is 16.7 Å². The third-order valence-corrected chi connectivity index (χ3v) is 6.20. The zero-order valence-corrected chi connectivity index (χ0v) is 19.1. The summed E-state index contributed by atoms with van der Waals surface area (Å²) >= 11 is 7.28. The number of methoxy groups -OCH3 is 2. The molecule has 4 rings (SSSR count). The van der Waals surface area contributed by atoms with Crippen molar-refractivity contribution < 1.29 is 23.6 Å². The molecule has 1 atom stereocenters. The van der Waals surface area contributed by atoms with Crippen molar-refractivity contribution in [2.75, 3.05) is 14.2 Å². The average molecular weight is 490 g/mol. The predicted octanol–water partition coefficient (Wildman–Crippen LogP) is 2.57. The molecule has 170 valence electrons. The number of furan rings is 1. The van der Waals surface area contributed by atoms with Crippen LogP contribution in [0.2, 0.25) is 5.02 Å². The van der Waals surface area contributed by atoms with Gasteiger partial charge in [0.15, 0.2) is 4.80 Å². The zero-order chi connectivity index (χ0) is 23.9. The second-order valence-corrected chi connectivity index (χ2v) is 8.34. The minimum atomic E-state index is -0.921. The molecule has 0 spiro atoms. The Balaban J connectivity index is 2.00. The number of carbonyl (C=O) groups excluding carboxylic acids is 1. The number of allylic oxidation sites excluding steroid dienone is 1. The Hall–Kier alpha value is -3.70. The highest BCUT2D eigenvalue weighted by Gasteiger charge is 2.35. The summed E-state index contributed by atoms with van der Waals surface area (Å²) in [6.45, 7) is 1.64. The van der Waals surface area contributed by atoms with Crippen molar-refractivity contribution >= 4 is 40.9 Å². The van der Waals surface area contributed by atoms with Crippen LogP contribution in [0.3, 0.4) is 0 Å². The summed E-state index contributed by atoms with van der Waals surface area (Å²) in [5.41, 5.74) is 0.528. The topological polar surface area (TPSA) is 126 Å². The first kappa shape index (κ1) is 22.5. The first-order valence-electron chi connectivity index (χ1n) is 9.43. The fourth-order valence-electron chi connectivity index (χ4n) is 3.55. The number of aromatic nitrogens is 1. The van der Waals surface area contributed by atoms with E-state index in [4.69, 9.17) is 25.5 Å². The first-order valence-corrected chi connectivity index (χ1v) is 10.6. The number of hydrogen-bond donors (Lipinski definition) is 0. The monoisotopic (exact) mass is 489 g/mol. The van der Waals surface area contributed by atoms with Crippen molar-refractivity contribution in [3.63, 3.8) is 0 Å². The summed E-state index contributed by atoms with van der Waals surface area (Å²) in [5, 5.41) is 11.3. The summed E-state index contributed by atoms with van der Waals surface area (Å²) in [7, 11) is 2.71. The third-order valence-electron chi connectivity index (χ3n) is 4.98. The molecule has 12 heteroatoms. The van der Waals surface area contributed by atoms with Gasteiger partial charge in [0.2, 0.25) is 0 Å². The van der Waals surface area contributed by atoms with Crippen molar-refractivity contribution in [3.05, 3.63) is 87.8 Å². The van der Waals surface area contributed by atoms with E-state index in [0.717, 1.165) is 11.3 Å². The van der Waals surface area contributed by atoms with Gasteiger partial charge in [-0.05, 0) is 31.2 Å². The van der Waals surface area contributed by atoms with E-state index in [9.17, 15) is 19.7 Å². The zero-order valence-electron chi connectivity index (χ0n) is 17.5. The summed E-state index contributed by atoms with van der Waals surface area (Å²) in [6, 6.07) is 6.54. The van der Waals surface area contributed by atoms with Crippen LogP contribution in [0, 0.1) is 10.1 Å². The van der Waals surface area contributed by atoms with Crippen molar-refractivity contribution in [1.82, 2.24) is 4.57 Å². The third kappa shape index (κ3) is 3.96. The Morgan fingerprint density at radius 2 is 2.09 bits per heavy atom. The molecule has 0 saturated carbocycles. The number of hydrogen-bond acceptors (Lipinski definition) is 9. The minimum Gasteiger partial charge on any atom is -0.496 e. The smallest absolute Gasteiger partial charge is 0.433 e. The van der Waals surface area contributed by atoms with Crippen LogP contribution in [0.15, 0.2) is 55.8 Å². The standard InChI is InChI=1S/C21H16ClN3O7S/c1-10-17(20(27)31-3)18(13-8-11(22)4-6-14(13)30-2)24-19(26)15(33-21(24)23-10)9-12-5-7-16(32-12)25(28)29/h4-9,18H,1-3H3/b15-9-. The average Bonchev–Trinajstić information content (AvgIpc) is 3.37. The number of nitrogens with zero attached hydrogens (tertiary/aromatic N) is 3. The molecule has 1 aliphatic rings. The van der Waals surface area contributed by atoms with Gasteiger partial charge in [-0.2, -0.15) is 0 Å². The maximum absolute atomic E-state index is 13.4. The molecule has 1 unspecified atom stereocenters. The lowest BCUT2D eigenvalue weighted by Gasteiger charge is -2.25. The molecule has 0 saturated heterocycles. The molecule has 0 N–H and O–H groups in total. The molecule has 0 bridgehead atoms. The lowest BCUT2D eigenvalue weighted by Crippen LogP contribution is -2.40. The van der Waals surface area contributed by atoms with E-state index in [0.29, 0.717) is 26.8 Å².